The van der Waals surface area contributed by atoms with E-state index < -0.39 is 26.0 Å². The molecule has 0 saturated heterocycles. The summed E-state index contributed by atoms with van der Waals surface area (Å²) in [5.41, 5.74) is 0.105. The highest BCUT2D eigenvalue weighted by molar-refractivity contribution is 7.89. The highest BCUT2D eigenvalue weighted by Crippen LogP contribution is 2.16. The number of carbonyl (C=O) groups is 1. The van der Waals surface area contributed by atoms with Gasteiger partial charge in [-0.1, -0.05) is 6.07 Å². The lowest BCUT2D eigenvalue weighted by atomic mass is 10.2. The van der Waals surface area contributed by atoms with Gasteiger partial charge < -0.3 is 10.6 Å². The number of nitriles is 1. The Hall–Kier alpha value is -3.24. The van der Waals surface area contributed by atoms with E-state index >= 15 is 0 Å². The average molecular weight is 422 g/mol. The van der Waals surface area contributed by atoms with E-state index in [1.54, 1.807) is 6.07 Å². The maximum Gasteiger partial charge on any atom is 0.294 e. The third kappa shape index (κ3) is 5.63. The molecule has 0 spiro atoms. The van der Waals surface area contributed by atoms with Crippen molar-refractivity contribution in [1.29, 1.82) is 5.26 Å². The summed E-state index contributed by atoms with van der Waals surface area (Å²) in [5.74, 6) is -0.788. The second-order valence-corrected chi connectivity index (χ2v) is 8.32. The molecule has 0 aromatic heterocycles. The van der Waals surface area contributed by atoms with Gasteiger partial charge >= 0.3 is 0 Å². The largest absolute Gasteiger partial charge is 0.360 e. The molecular weight excluding hydrogens is 408 g/mol. The Morgan fingerprint density at radius 2 is 1.68 bits per heavy atom. The van der Waals surface area contributed by atoms with Gasteiger partial charge in [0.15, 0.2) is 0 Å². The summed E-state index contributed by atoms with van der Waals surface area (Å²) in [6.07, 6.45) is 1.05. The Labute approximate surface area is 161 Å². The minimum atomic E-state index is -4.40. The van der Waals surface area contributed by atoms with Crippen molar-refractivity contribution in [1.82, 2.24) is 0 Å². The molecule has 0 fully saturated rings. The first-order valence-corrected chi connectivity index (χ1v) is 10.4. The number of rotatable bonds is 6. The van der Waals surface area contributed by atoms with Crippen LogP contribution in [0.4, 0.5) is 11.4 Å². The molecule has 0 atom stereocenters. The summed E-state index contributed by atoms with van der Waals surface area (Å²) in [7, 11) is -8.27. The number of primary sulfonamides is 1. The Kier molecular flexibility index (Phi) is 6.16. The van der Waals surface area contributed by atoms with E-state index in [1.165, 1.54) is 42.5 Å². The average Bonchev–Trinajstić information content (AvgIpc) is 2.61. The molecule has 0 aliphatic heterocycles. The van der Waals surface area contributed by atoms with Crippen LogP contribution >= 0.6 is 0 Å². The minimum Gasteiger partial charge on any atom is -0.360 e. The number of benzene rings is 2. The fraction of sp³-hybridized carbons (Fsp3) is 0. The molecule has 0 saturated carbocycles. The third-order valence-electron chi connectivity index (χ3n) is 3.32. The van der Waals surface area contributed by atoms with Crippen LogP contribution < -0.4 is 15.8 Å². The number of carbonyl (C=O) groups excluding carboxylic acids is 1. The summed E-state index contributed by atoms with van der Waals surface area (Å²) in [5, 5.41) is 19.1. The van der Waals surface area contributed by atoms with Gasteiger partial charge in [-0.15, -0.1) is 0 Å². The Balaban J connectivity index is 2.14. The molecule has 0 bridgehead atoms. The molecule has 28 heavy (non-hydrogen) atoms. The first-order chi connectivity index (χ1) is 13.0. The maximum absolute atomic E-state index is 12.2. The van der Waals surface area contributed by atoms with Gasteiger partial charge in [0.1, 0.15) is 11.6 Å². The molecule has 2 rings (SSSR count). The van der Waals surface area contributed by atoms with E-state index in [-0.39, 0.29) is 26.7 Å². The molecule has 0 aliphatic carbocycles. The van der Waals surface area contributed by atoms with Crippen LogP contribution in [0.1, 0.15) is 0 Å². The van der Waals surface area contributed by atoms with Gasteiger partial charge in [0.2, 0.25) is 10.0 Å². The van der Waals surface area contributed by atoms with E-state index in [0.29, 0.717) is 0 Å². The summed E-state index contributed by atoms with van der Waals surface area (Å²) in [6.45, 7) is 0. The second kappa shape index (κ2) is 8.19. The second-order valence-electron chi connectivity index (χ2n) is 5.34. The van der Waals surface area contributed by atoms with Gasteiger partial charge in [0.25, 0.3) is 16.0 Å². The monoisotopic (exact) mass is 422 g/mol. The summed E-state index contributed by atoms with van der Waals surface area (Å²) < 4.78 is 53.7. The number of nitrogens with two attached hydrogens (primary N) is 1. The number of amides is 1. The molecule has 12 heteroatoms. The molecule has 1 amide bonds. The smallest absolute Gasteiger partial charge is 0.294 e. The zero-order valence-electron chi connectivity index (χ0n) is 14.0. The summed E-state index contributed by atoms with van der Waals surface area (Å²) >= 11 is 0. The van der Waals surface area contributed by atoms with Gasteiger partial charge in [0, 0.05) is 17.6 Å². The van der Waals surface area contributed by atoms with Gasteiger partial charge in [-0.3, -0.25) is 9.35 Å². The van der Waals surface area contributed by atoms with Crippen LogP contribution in [0.2, 0.25) is 0 Å². The molecule has 0 aliphatic rings. The molecule has 146 valence electrons. The van der Waals surface area contributed by atoms with Crippen molar-refractivity contribution >= 4 is 37.4 Å². The van der Waals surface area contributed by atoms with Gasteiger partial charge in [-0.2, -0.15) is 13.7 Å². The normalized spacial score (nSPS) is 12.1. The van der Waals surface area contributed by atoms with Crippen LogP contribution in [0.3, 0.4) is 0 Å². The quantitative estimate of drug-likeness (QED) is 0.303. The molecule has 0 unspecified atom stereocenters. The van der Waals surface area contributed by atoms with Crippen molar-refractivity contribution in [2.75, 3.05) is 10.6 Å². The van der Waals surface area contributed by atoms with E-state index in [1.807, 2.05) is 0 Å². The first kappa shape index (κ1) is 21.1. The van der Waals surface area contributed by atoms with Crippen molar-refractivity contribution in [2.24, 2.45) is 5.14 Å². The molecule has 0 radical (unpaired) electrons. The lowest BCUT2D eigenvalue weighted by molar-refractivity contribution is -0.112. The first-order valence-electron chi connectivity index (χ1n) is 7.39. The van der Waals surface area contributed by atoms with Crippen LogP contribution in [-0.4, -0.2) is 27.3 Å². The fourth-order valence-corrected chi connectivity index (χ4v) is 3.02. The van der Waals surface area contributed by atoms with Crippen molar-refractivity contribution in [3.05, 3.63) is 60.3 Å². The van der Waals surface area contributed by atoms with Gasteiger partial charge in [-0.05, 0) is 42.5 Å². The Bertz CT molecular complexity index is 1180. The summed E-state index contributed by atoms with van der Waals surface area (Å²) in [6, 6.07) is 11.8. The number of nitrogens with zero attached hydrogens (tertiary/aromatic N) is 1. The van der Waals surface area contributed by atoms with Crippen molar-refractivity contribution in [3.63, 3.8) is 0 Å². The molecule has 2 aromatic rings. The zero-order valence-corrected chi connectivity index (χ0v) is 15.7. The van der Waals surface area contributed by atoms with Crippen molar-refractivity contribution < 1.29 is 26.2 Å². The number of hydrogen-bond donors (Lipinski definition) is 4. The molecule has 5 N–H and O–H groups in total. The lowest BCUT2D eigenvalue weighted by Gasteiger charge is -2.06. The van der Waals surface area contributed by atoms with Crippen LogP contribution in [0.15, 0.2) is 70.1 Å². The van der Waals surface area contributed by atoms with E-state index in [4.69, 9.17) is 15.0 Å². The minimum absolute atomic E-state index is 0.137. The SMILES string of the molecule is N#C/C(=C/Nc1cccc(S(=O)(=O)O)c1)C(=O)Nc1ccc(S(N)(=O)=O)cc1. The molecule has 2 aromatic carbocycles. The van der Waals surface area contributed by atoms with Gasteiger partial charge in [-0.25, -0.2) is 13.6 Å². The molecular formula is C16H14N4O6S2. The van der Waals surface area contributed by atoms with Crippen LogP contribution in [-0.2, 0) is 24.9 Å². The topological polar surface area (TPSA) is 179 Å². The molecule has 0 heterocycles. The zero-order chi connectivity index (χ0) is 20.9. The van der Waals surface area contributed by atoms with Crippen LogP contribution in [0.25, 0.3) is 0 Å². The fourth-order valence-electron chi connectivity index (χ4n) is 1.98. The Morgan fingerprint density at radius 3 is 2.21 bits per heavy atom. The lowest BCUT2D eigenvalue weighted by Crippen LogP contribution is -2.15. The number of anilines is 2. The predicted octanol–water partition coefficient (Wildman–Crippen LogP) is 1.04. The highest BCUT2D eigenvalue weighted by atomic mass is 32.2. The standard InChI is InChI=1S/C16H14N4O6S2/c17-9-11(10-19-13-2-1-3-15(8-13)28(24,25)26)16(21)20-12-4-6-14(7-5-12)27(18,22)23/h1-8,10,19H,(H,20,21)(H2,18,22,23)(H,24,25,26)/b11-10-. The maximum atomic E-state index is 12.2. The van der Waals surface area contributed by atoms with Crippen molar-refractivity contribution in [2.45, 2.75) is 9.79 Å². The van der Waals surface area contributed by atoms with Crippen LogP contribution in [0, 0.1) is 11.3 Å². The molecule has 10 nitrogen and oxygen atoms in total. The predicted molar refractivity (Wildman–Crippen MR) is 100 cm³/mol. The summed E-state index contributed by atoms with van der Waals surface area (Å²) in [4.78, 5) is 11.7. The van der Waals surface area contributed by atoms with E-state index in [9.17, 15) is 21.6 Å². The number of sulfonamides is 1. The third-order valence-corrected chi connectivity index (χ3v) is 5.10. The van der Waals surface area contributed by atoms with E-state index in [2.05, 4.69) is 10.6 Å². The number of hydrogen-bond acceptors (Lipinski definition) is 7. The van der Waals surface area contributed by atoms with E-state index in [0.717, 1.165) is 12.3 Å². The van der Waals surface area contributed by atoms with Crippen LogP contribution in [0.5, 0.6) is 0 Å². The Morgan fingerprint density at radius 1 is 1.04 bits per heavy atom. The van der Waals surface area contributed by atoms with Crippen molar-refractivity contribution in [3.8, 4) is 6.07 Å². The highest BCUT2D eigenvalue weighted by Gasteiger charge is 2.12. The number of nitrogens with one attached hydrogen (secondary N) is 2. The van der Waals surface area contributed by atoms with Gasteiger partial charge in [0.05, 0.1) is 9.79 Å².